The van der Waals surface area contributed by atoms with E-state index in [2.05, 4.69) is 16.0 Å². The van der Waals surface area contributed by atoms with E-state index in [-0.39, 0.29) is 23.6 Å². The van der Waals surface area contributed by atoms with Crippen LogP contribution in [0.2, 0.25) is 0 Å². The second-order valence-corrected chi connectivity index (χ2v) is 5.89. The zero-order valence-corrected chi connectivity index (χ0v) is 13.3. The molecule has 0 spiro atoms. The third-order valence-electron chi connectivity index (χ3n) is 2.78. The van der Waals surface area contributed by atoms with E-state index in [0.29, 0.717) is 18.0 Å². The fourth-order valence-corrected chi connectivity index (χ4v) is 2.32. The summed E-state index contributed by atoms with van der Waals surface area (Å²) in [7, 11) is 0. The SMILES string of the molecule is CC(=O)NCCNC(=O)C(NC(=O)c1cccs1)C(C)C. The number of hydrogen-bond acceptors (Lipinski definition) is 4. The molecule has 1 rings (SSSR count). The minimum Gasteiger partial charge on any atom is -0.355 e. The van der Waals surface area contributed by atoms with Gasteiger partial charge in [0.25, 0.3) is 5.91 Å². The summed E-state index contributed by atoms with van der Waals surface area (Å²) in [5.41, 5.74) is 0. The first-order valence-corrected chi connectivity index (χ1v) is 7.66. The largest absolute Gasteiger partial charge is 0.355 e. The molecule has 0 saturated heterocycles. The lowest BCUT2D eigenvalue weighted by Gasteiger charge is -2.21. The van der Waals surface area contributed by atoms with E-state index < -0.39 is 6.04 Å². The molecule has 1 unspecified atom stereocenters. The van der Waals surface area contributed by atoms with E-state index in [4.69, 9.17) is 0 Å². The molecule has 116 valence electrons. The second kappa shape index (κ2) is 8.41. The highest BCUT2D eigenvalue weighted by Gasteiger charge is 2.24. The molecule has 1 atom stereocenters. The summed E-state index contributed by atoms with van der Waals surface area (Å²) in [6.45, 7) is 5.85. The summed E-state index contributed by atoms with van der Waals surface area (Å²) >= 11 is 1.33. The standard InChI is InChI=1S/C14H21N3O3S/c1-9(2)12(14(20)16-7-6-15-10(3)18)17-13(19)11-5-4-8-21-11/h4-5,8-9,12H,6-7H2,1-3H3,(H,15,18)(H,16,20)(H,17,19). The highest BCUT2D eigenvalue weighted by Crippen LogP contribution is 2.10. The first-order chi connectivity index (χ1) is 9.91. The molecule has 0 aromatic carbocycles. The van der Waals surface area contributed by atoms with E-state index >= 15 is 0 Å². The monoisotopic (exact) mass is 311 g/mol. The molecule has 21 heavy (non-hydrogen) atoms. The normalized spacial score (nSPS) is 11.8. The predicted molar refractivity (Wildman–Crippen MR) is 82.1 cm³/mol. The Labute approximate surface area is 128 Å². The van der Waals surface area contributed by atoms with Gasteiger partial charge in [-0.2, -0.15) is 0 Å². The van der Waals surface area contributed by atoms with Crippen molar-refractivity contribution in [1.29, 1.82) is 0 Å². The molecule has 3 N–H and O–H groups in total. The van der Waals surface area contributed by atoms with Crippen LogP contribution in [0.25, 0.3) is 0 Å². The third kappa shape index (κ3) is 5.95. The Kier molecular flexibility index (Phi) is 6.87. The Bertz CT molecular complexity index is 486. The maximum Gasteiger partial charge on any atom is 0.262 e. The van der Waals surface area contributed by atoms with Crippen molar-refractivity contribution in [3.63, 3.8) is 0 Å². The molecule has 0 bridgehead atoms. The lowest BCUT2D eigenvalue weighted by atomic mass is 10.0. The summed E-state index contributed by atoms with van der Waals surface area (Å²) < 4.78 is 0. The van der Waals surface area contributed by atoms with Crippen LogP contribution in [0.4, 0.5) is 0 Å². The lowest BCUT2D eigenvalue weighted by molar-refractivity contribution is -0.124. The molecular weight excluding hydrogens is 290 g/mol. The zero-order chi connectivity index (χ0) is 15.8. The van der Waals surface area contributed by atoms with Gasteiger partial charge in [0.2, 0.25) is 11.8 Å². The summed E-state index contributed by atoms with van der Waals surface area (Å²) in [5, 5.41) is 9.85. The van der Waals surface area contributed by atoms with Crippen molar-refractivity contribution in [2.45, 2.75) is 26.8 Å². The average Bonchev–Trinajstić information content (AvgIpc) is 2.93. The maximum atomic E-state index is 12.1. The van der Waals surface area contributed by atoms with Gasteiger partial charge in [0.05, 0.1) is 4.88 Å². The Morgan fingerprint density at radius 2 is 1.86 bits per heavy atom. The van der Waals surface area contributed by atoms with Gasteiger partial charge in [-0.15, -0.1) is 11.3 Å². The van der Waals surface area contributed by atoms with Gasteiger partial charge in [-0.25, -0.2) is 0 Å². The Morgan fingerprint density at radius 3 is 2.38 bits per heavy atom. The quantitative estimate of drug-likeness (QED) is 0.650. The Balaban J connectivity index is 2.50. The minimum absolute atomic E-state index is 0.0327. The van der Waals surface area contributed by atoms with Crippen LogP contribution in [0.15, 0.2) is 17.5 Å². The van der Waals surface area contributed by atoms with Gasteiger partial charge in [0.15, 0.2) is 0 Å². The lowest BCUT2D eigenvalue weighted by Crippen LogP contribution is -2.50. The summed E-state index contributed by atoms with van der Waals surface area (Å²) in [6.07, 6.45) is 0. The molecule has 1 aromatic heterocycles. The van der Waals surface area contributed by atoms with Crippen LogP contribution in [0.1, 0.15) is 30.4 Å². The van der Waals surface area contributed by atoms with Crippen LogP contribution in [0.3, 0.4) is 0 Å². The molecule has 0 aliphatic rings. The number of rotatable bonds is 7. The topological polar surface area (TPSA) is 87.3 Å². The van der Waals surface area contributed by atoms with Crippen molar-refractivity contribution in [1.82, 2.24) is 16.0 Å². The minimum atomic E-state index is -0.600. The summed E-state index contributed by atoms with van der Waals surface area (Å²) in [6, 6.07) is 2.90. The number of nitrogens with one attached hydrogen (secondary N) is 3. The van der Waals surface area contributed by atoms with E-state index in [1.54, 1.807) is 12.1 Å². The fraction of sp³-hybridized carbons (Fsp3) is 0.500. The van der Waals surface area contributed by atoms with Gasteiger partial charge in [-0.1, -0.05) is 19.9 Å². The van der Waals surface area contributed by atoms with Crippen LogP contribution >= 0.6 is 11.3 Å². The van der Waals surface area contributed by atoms with Gasteiger partial charge in [0.1, 0.15) is 6.04 Å². The number of carbonyl (C=O) groups excluding carboxylic acids is 3. The second-order valence-electron chi connectivity index (χ2n) is 4.95. The molecular formula is C14H21N3O3S. The predicted octanol–water partition coefficient (Wildman–Crippen LogP) is 0.755. The van der Waals surface area contributed by atoms with Crippen LogP contribution in [-0.2, 0) is 9.59 Å². The van der Waals surface area contributed by atoms with Crippen molar-refractivity contribution < 1.29 is 14.4 Å². The molecule has 6 nitrogen and oxygen atoms in total. The van der Waals surface area contributed by atoms with Gasteiger partial charge in [-0.3, -0.25) is 14.4 Å². The smallest absolute Gasteiger partial charge is 0.262 e. The average molecular weight is 311 g/mol. The van der Waals surface area contributed by atoms with Gasteiger partial charge < -0.3 is 16.0 Å². The number of hydrogen-bond donors (Lipinski definition) is 3. The van der Waals surface area contributed by atoms with Crippen molar-refractivity contribution in [3.05, 3.63) is 22.4 Å². The van der Waals surface area contributed by atoms with E-state index in [0.717, 1.165) is 0 Å². The molecule has 0 aliphatic heterocycles. The van der Waals surface area contributed by atoms with Crippen LogP contribution in [0.5, 0.6) is 0 Å². The number of carbonyl (C=O) groups is 3. The molecule has 0 aliphatic carbocycles. The van der Waals surface area contributed by atoms with Crippen molar-refractivity contribution in [3.8, 4) is 0 Å². The molecule has 0 fully saturated rings. The molecule has 1 aromatic rings. The number of thiophene rings is 1. The summed E-state index contributed by atoms with van der Waals surface area (Å²) in [5.74, 6) is -0.675. The highest BCUT2D eigenvalue weighted by molar-refractivity contribution is 7.12. The first kappa shape index (κ1) is 17.2. The maximum absolute atomic E-state index is 12.1. The number of amides is 3. The molecule has 0 radical (unpaired) electrons. The van der Waals surface area contributed by atoms with Gasteiger partial charge in [0, 0.05) is 20.0 Å². The Morgan fingerprint density at radius 1 is 1.19 bits per heavy atom. The van der Waals surface area contributed by atoms with E-state index in [9.17, 15) is 14.4 Å². The fourth-order valence-electron chi connectivity index (χ4n) is 1.69. The summed E-state index contributed by atoms with van der Waals surface area (Å²) in [4.78, 5) is 35.4. The first-order valence-electron chi connectivity index (χ1n) is 6.78. The van der Waals surface area contributed by atoms with Crippen molar-refractivity contribution >= 4 is 29.1 Å². The van der Waals surface area contributed by atoms with Crippen molar-refractivity contribution in [2.24, 2.45) is 5.92 Å². The van der Waals surface area contributed by atoms with Crippen molar-refractivity contribution in [2.75, 3.05) is 13.1 Å². The third-order valence-corrected chi connectivity index (χ3v) is 3.65. The van der Waals surface area contributed by atoms with Crippen LogP contribution in [0, 0.1) is 5.92 Å². The van der Waals surface area contributed by atoms with E-state index in [1.165, 1.54) is 18.3 Å². The highest BCUT2D eigenvalue weighted by atomic mass is 32.1. The van der Waals surface area contributed by atoms with Crippen LogP contribution < -0.4 is 16.0 Å². The Hall–Kier alpha value is -1.89. The van der Waals surface area contributed by atoms with E-state index in [1.807, 2.05) is 19.2 Å². The molecule has 3 amide bonds. The molecule has 1 heterocycles. The van der Waals surface area contributed by atoms with Crippen LogP contribution in [-0.4, -0.2) is 36.9 Å². The van der Waals surface area contributed by atoms with Gasteiger partial charge >= 0.3 is 0 Å². The molecule has 0 saturated carbocycles. The zero-order valence-electron chi connectivity index (χ0n) is 12.4. The molecule has 7 heteroatoms. The van der Waals surface area contributed by atoms with Gasteiger partial charge in [-0.05, 0) is 17.4 Å².